The third kappa shape index (κ3) is 7.11. The molecule has 0 fully saturated rings. The number of hydrogen-bond acceptors (Lipinski definition) is 7. The van der Waals surface area contributed by atoms with Crippen molar-refractivity contribution in [2.24, 2.45) is 0 Å². The van der Waals surface area contributed by atoms with Gasteiger partial charge in [0.05, 0.1) is 48.5 Å². The summed E-state index contributed by atoms with van der Waals surface area (Å²) in [5.41, 5.74) is 2.80. The number of alkyl halides is 1. The van der Waals surface area contributed by atoms with Crippen LogP contribution < -0.4 is 5.32 Å². The maximum absolute atomic E-state index is 13.6. The van der Waals surface area contributed by atoms with Crippen LogP contribution in [0, 0.1) is 11.3 Å². The van der Waals surface area contributed by atoms with E-state index < -0.39 is 17.9 Å². The summed E-state index contributed by atoms with van der Waals surface area (Å²) in [5.74, 6) is -1.81. The summed E-state index contributed by atoms with van der Waals surface area (Å²) >= 11 is 12.1. The maximum Gasteiger partial charge on any atom is 0.337 e. The number of esters is 2. The average Bonchev–Trinajstić information content (AvgIpc) is 2.87. The summed E-state index contributed by atoms with van der Waals surface area (Å²) < 4.78 is 16.7. The number of nitrogens with zero attached hydrogens (tertiary/aromatic N) is 1. The largest absolute Gasteiger partial charge is 0.461 e. The Hall–Kier alpha value is -3.31. The SMILES string of the molecule is CC1=C(C(=O)OCCC#N)C(c2cccc(Cl)c2)C(C(=O)OCc2ccccc2)=C(COCCCl)N1. The van der Waals surface area contributed by atoms with Gasteiger partial charge < -0.3 is 19.5 Å². The summed E-state index contributed by atoms with van der Waals surface area (Å²) in [6.07, 6.45) is 0.0483. The van der Waals surface area contributed by atoms with Gasteiger partial charge in [0.15, 0.2) is 0 Å². The first-order valence-electron chi connectivity index (χ1n) is 11.3. The number of halogens is 2. The highest BCUT2D eigenvalue weighted by Crippen LogP contribution is 2.40. The highest BCUT2D eigenvalue weighted by atomic mass is 35.5. The molecule has 1 unspecified atom stereocenters. The number of carbonyl (C=O) groups is 2. The minimum Gasteiger partial charge on any atom is -0.461 e. The Morgan fingerprint density at radius 3 is 2.44 bits per heavy atom. The van der Waals surface area contributed by atoms with Gasteiger partial charge in [0.25, 0.3) is 0 Å². The second-order valence-electron chi connectivity index (χ2n) is 7.89. The van der Waals surface area contributed by atoms with Gasteiger partial charge in [0, 0.05) is 16.6 Å². The fraction of sp³-hybridized carbons (Fsp3) is 0.296. The third-order valence-electron chi connectivity index (χ3n) is 5.39. The summed E-state index contributed by atoms with van der Waals surface area (Å²) in [6.45, 7) is 2.01. The predicted molar refractivity (Wildman–Crippen MR) is 136 cm³/mol. The molecular weight excluding hydrogens is 503 g/mol. The zero-order valence-corrected chi connectivity index (χ0v) is 21.3. The van der Waals surface area contributed by atoms with Gasteiger partial charge in [-0.3, -0.25) is 0 Å². The summed E-state index contributed by atoms with van der Waals surface area (Å²) in [6, 6.07) is 18.1. The van der Waals surface area contributed by atoms with E-state index in [1.54, 1.807) is 31.2 Å². The third-order valence-corrected chi connectivity index (χ3v) is 5.78. The normalized spacial score (nSPS) is 15.2. The molecule has 2 aromatic carbocycles. The van der Waals surface area contributed by atoms with Gasteiger partial charge in [-0.2, -0.15) is 5.26 Å². The Morgan fingerprint density at radius 2 is 1.75 bits per heavy atom. The van der Waals surface area contributed by atoms with E-state index in [4.69, 9.17) is 42.7 Å². The maximum atomic E-state index is 13.6. The number of carbonyl (C=O) groups excluding carboxylic acids is 2. The van der Waals surface area contributed by atoms with Crippen LogP contribution in [0.25, 0.3) is 0 Å². The fourth-order valence-corrected chi connectivity index (χ4v) is 4.15. The number of nitriles is 1. The van der Waals surface area contributed by atoms with Crippen LogP contribution >= 0.6 is 23.2 Å². The Balaban J connectivity index is 2.05. The van der Waals surface area contributed by atoms with Crippen molar-refractivity contribution in [3.05, 3.63) is 93.3 Å². The van der Waals surface area contributed by atoms with Gasteiger partial charge in [-0.05, 0) is 30.2 Å². The number of ether oxygens (including phenoxy) is 3. The van der Waals surface area contributed by atoms with Crippen molar-refractivity contribution in [1.29, 1.82) is 5.26 Å². The van der Waals surface area contributed by atoms with Crippen molar-refractivity contribution in [3.63, 3.8) is 0 Å². The molecule has 0 amide bonds. The lowest BCUT2D eigenvalue weighted by Gasteiger charge is -2.31. The lowest BCUT2D eigenvalue weighted by Crippen LogP contribution is -2.35. The molecule has 188 valence electrons. The molecule has 0 aliphatic carbocycles. The minimum absolute atomic E-state index is 0.0475. The van der Waals surface area contributed by atoms with Crippen LogP contribution in [0.15, 0.2) is 77.1 Å². The van der Waals surface area contributed by atoms with E-state index in [9.17, 15) is 9.59 Å². The van der Waals surface area contributed by atoms with E-state index in [1.807, 2.05) is 36.4 Å². The monoisotopic (exact) mass is 528 g/mol. The number of benzene rings is 2. The van der Waals surface area contributed by atoms with E-state index in [0.717, 1.165) is 5.56 Å². The number of rotatable bonds is 11. The molecule has 1 heterocycles. The van der Waals surface area contributed by atoms with Gasteiger partial charge in [0.2, 0.25) is 0 Å². The molecule has 9 heteroatoms. The zero-order valence-electron chi connectivity index (χ0n) is 19.8. The highest BCUT2D eigenvalue weighted by molar-refractivity contribution is 6.30. The fourth-order valence-electron chi connectivity index (χ4n) is 3.84. The lowest BCUT2D eigenvalue weighted by atomic mass is 9.80. The van der Waals surface area contributed by atoms with Crippen LogP contribution in [0.3, 0.4) is 0 Å². The van der Waals surface area contributed by atoms with E-state index in [-0.39, 0.29) is 49.9 Å². The Morgan fingerprint density at radius 1 is 1.00 bits per heavy atom. The van der Waals surface area contributed by atoms with E-state index in [2.05, 4.69) is 5.32 Å². The molecule has 0 spiro atoms. The topological polar surface area (TPSA) is 97.7 Å². The number of nitrogens with one attached hydrogen (secondary N) is 1. The molecule has 7 nitrogen and oxygen atoms in total. The van der Waals surface area contributed by atoms with Crippen molar-refractivity contribution >= 4 is 35.1 Å². The van der Waals surface area contributed by atoms with Gasteiger partial charge in [0.1, 0.15) is 13.2 Å². The van der Waals surface area contributed by atoms with Crippen molar-refractivity contribution in [1.82, 2.24) is 5.32 Å². The molecule has 1 aliphatic rings. The van der Waals surface area contributed by atoms with Crippen LogP contribution in [0.5, 0.6) is 0 Å². The molecule has 36 heavy (non-hydrogen) atoms. The first kappa shape index (κ1) is 27.3. The molecule has 3 rings (SSSR count). The standard InChI is InChI=1S/C27H26Cl2N2O5/c1-18-23(26(32)35-13-6-12-30)24(20-9-5-10-21(29)15-20)25(22(31-18)17-34-14-11-28)27(33)36-16-19-7-3-2-4-8-19/h2-5,7-10,15,24,31H,6,11,13-14,16-17H2,1H3. The van der Waals surface area contributed by atoms with E-state index in [1.165, 1.54) is 0 Å². The molecule has 2 aromatic rings. The Kier molecular flexibility index (Phi) is 10.4. The van der Waals surface area contributed by atoms with Crippen molar-refractivity contribution in [3.8, 4) is 6.07 Å². The number of hydrogen-bond donors (Lipinski definition) is 1. The van der Waals surface area contributed by atoms with Crippen molar-refractivity contribution < 1.29 is 23.8 Å². The average molecular weight is 529 g/mol. The molecule has 1 N–H and O–H groups in total. The Bertz CT molecular complexity index is 1190. The predicted octanol–water partition coefficient (Wildman–Crippen LogP) is 5.01. The summed E-state index contributed by atoms with van der Waals surface area (Å²) in [4.78, 5) is 26.7. The molecule has 0 bridgehead atoms. The van der Waals surface area contributed by atoms with Crippen LogP contribution in [0.1, 0.15) is 30.4 Å². The van der Waals surface area contributed by atoms with Crippen LogP contribution in [-0.2, 0) is 30.4 Å². The molecule has 1 atom stereocenters. The zero-order chi connectivity index (χ0) is 25.9. The molecule has 1 aliphatic heterocycles. The summed E-state index contributed by atoms with van der Waals surface area (Å²) in [7, 11) is 0. The van der Waals surface area contributed by atoms with Crippen LogP contribution in [0.4, 0.5) is 0 Å². The van der Waals surface area contributed by atoms with Crippen molar-refractivity contribution in [2.75, 3.05) is 25.7 Å². The smallest absolute Gasteiger partial charge is 0.337 e. The van der Waals surface area contributed by atoms with E-state index >= 15 is 0 Å². The molecule has 0 saturated heterocycles. The second-order valence-corrected chi connectivity index (χ2v) is 8.71. The number of allylic oxidation sites excluding steroid dienone is 1. The first-order chi connectivity index (χ1) is 17.5. The molecule has 0 saturated carbocycles. The molecular formula is C27H26Cl2N2O5. The van der Waals surface area contributed by atoms with Gasteiger partial charge in [-0.1, -0.05) is 54.1 Å². The van der Waals surface area contributed by atoms with Gasteiger partial charge in [-0.25, -0.2) is 9.59 Å². The minimum atomic E-state index is -0.836. The number of dihydropyridines is 1. The van der Waals surface area contributed by atoms with Crippen molar-refractivity contribution in [2.45, 2.75) is 25.9 Å². The lowest BCUT2D eigenvalue weighted by molar-refractivity contribution is -0.141. The molecule has 0 aromatic heterocycles. The van der Waals surface area contributed by atoms with Crippen LogP contribution in [0.2, 0.25) is 5.02 Å². The van der Waals surface area contributed by atoms with Gasteiger partial charge in [-0.15, -0.1) is 11.6 Å². The van der Waals surface area contributed by atoms with Gasteiger partial charge >= 0.3 is 11.9 Å². The second kappa shape index (κ2) is 13.7. The quantitative estimate of drug-likeness (QED) is 0.248. The Labute approximate surface area is 220 Å². The first-order valence-corrected chi connectivity index (χ1v) is 12.2. The summed E-state index contributed by atoms with van der Waals surface area (Å²) in [5, 5.41) is 12.4. The molecule has 0 radical (unpaired) electrons. The highest BCUT2D eigenvalue weighted by Gasteiger charge is 2.39. The van der Waals surface area contributed by atoms with E-state index in [0.29, 0.717) is 22.0 Å². The van der Waals surface area contributed by atoms with Crippen LogP contribution in [-0.4, -0.2) is 37.6 Å².